The lowest BCUT2D eigenvalue weighted by Crippen LogP contribution is -2.17. The third kappa shape index (κ3) is 2.81. The van der Waals surface area contributed by atoms with Gasteiger partial charge in [-0.2, -0.15) is 4.98 Å². The molecule has 2 aromatic rings. The summed E-state index contributed by atoms with van der Waals surface area (Å²) in [5, 5.41) is 4.62. The molecule has 1 aliphatic rings. The lowest BCUT2D eigenvalue weighted by atomic mass is 10.1. The number of anilines is 2. The maximum Gasteiger partial charge on any atom is 0.223 e. The predicted octanol–water partition coefficient (Wildman–Crippen LogP) is 3.44. The molecule has 0 saturated heterocycles. The smallest absolute Gasteiger partial charge is 0.223 e. The molecule has 0 spiro atoms. The van der Waals surface area contributed by atoms with Crippen LogP contribution < -0.4 is 11.1 Å². The Kier molecular flexibility index (Phi) is 3.31. The van der Waals surface area contributed by atoms with Crippen molar-refractivity contribution in [3.8, 4) is 0 Å². The monoisotopic (exact) mass is 276 g/mol. The van der Waals surface area contributed by atoms with Crippen molar-refractivity contribution in [3.05, 3.63) is 10.9 Å². The first-order valence-corrected chi connectivity index (χ1v) is 7.79. The summed E-state index contributed by atoms with van der Waals surface area (Å²) in [5.74, 6) is 2.16. The molecule has 3 rings (SSSR count). The van der Waals surface area contributed by atoms with Crippen LogP contribution in [0.25, 0.3) is 10.2 Å². The summed E-state index contributed by atoms with van der Waals surface area (Å²) in [4.78, 5) is 11.0. The van der Waals surface area contributed by atoms with Gasteiger partial charge in [0.15, 0.2) is 0 Å². The number of rotatable bonds is 5. The number of aryl methyl sites for hydroxylation is 1. The van der Waals surface area contributed by atoms with Crippen LogP contribution in [0, 0.1) is 5.92 Å². The maximum atomic E-state index is 5.81. The van der Waals surface area contributed by atoms with E-state index >= 15 is 0 Å². The molecule has 19 heavy (non-hydrogen) atoms. The van der Waals surface area contributed by atoms with E-state index in [1.807, 2.05) is 0 Å². The van der Waals surface area contributed by atoms with Crippen molar-refractivity contribution >= 4 is 33.3 Å². The zero-order valence-electron chi connectivity index (χ0n) is 11.4. The first kappa shape index (κ1) is 12.7. The summed E-state index contributed by atoms with van der Waals surface area (Å²) in [7, 11) is 0. The average molecular weight is 276 g/mol. The van der Waals surface area contributed by atoms with Crippen LogP contribution in [0.2, 0.25) is 0 Å². The molecule has 1 unspecified atom stereocenters. The van der Waals surface area contributed by atoms with Gasteiger partial charge in [-0.25, -0.2) is 4.98 Å². The summed E-state index contributed by atoms with van der Waals surface area (Å²) in [6.45, 7) is 4.37. The van der Waals surface area contributed by atoms with Crippen LogP contribution in [0.4, 0.5) is 11.8 Å². The standard InChI is InChI=1S/C14H20N4S/c1-3-10-7-11-12(16-8(2)6-9-4-5-9)17-14(15)18-13(11)19-10/h7-9H,3-6H2,1-2H3,(H3,15,16,17,18). The lowest BCUT2D eigenvalue weighted by Gasteiger charge is -2.14. The molecule has 0 radical (unpaired) electrons. The number of hydrogen-bond donors (Lipinski definition) is 2. The van der Waals surface area contributed by atoms with E-state index in [-0.39, 0.29) is 0 Å². The van der Waals surface area contributed by atoms with E-state index in [2.05, 4.69) is 35.2 Å². The zero-order valence-corrected chi connectivity index (χ0v) is 12.3. The van der Waals surface area contributed by atoms with Crippen LogP contribution in [0.3, 0.4) is 0 Å². The van der Waals surface area contributed by atoms with Crippen molar-refractivity contribution in [3.63, 3.8) is 0 Å². The SMILES string of the molecule is CCc1cc2c(NC(C)CC3CC3)nc(N)nc2s1. The van der Waals surface area contributed by atoms with Crippen LogP contribution >= 0.6 is 11.3 Å². The minimum absolute atomic E-state index is 0.359. The van der Waals surface area contributed by atoms with Gasteiger partial charge in [0.25, 0.3) is 0 Å². The molecule has 102 valence electrons. The minimum atomic E-state index is 0.359. The predicted molar refractivity (Wildman–Crippen MR) is 81.6 cm³/mol. The highest BCUT2D eigenvalue weighted by Crippen LogP contribution is 2.35. The summed E-state index contributed by atoms with van der Waals surface area (Å²) >= 11 is 1.71. The van der Waals surface area contributed by atoms with Gasteiger partial charge in [0.2, 0.25) is 5.95 Å². The number of thiophene rings is 1. The molecule has 1 saturated carbocycles. The van der Waals surface area contributed by atoms with Crippen LogP contribution in [-0.4, -0.2) is 16.0 Å². The second kappa shape index (κ2) is 4.96. The quantitative estimate of drug-likeness (QED) is 0.878. The third-order valence-corrected chi connectivity index (χ3v) is 4.75. The Morgan fingerprint density at radius 2 is 2.26 bits per heavy atom. The first-order chi connectivity index (χ1) is 9.15. The molecule has 0 aromatic carbocycles. The van der Waals surface area contributed by atoms with Gasteiger partial charge in [0.1, 0.15) is 10.6 Å². The fourth-order valence-corrected chi connectivity index (χ4v) is 3.39. The highest BCUT2D eigenvalue weighted by Gasteiger charge is 2.24. The Bertz CT molecular complexity index is 588. The van der Waals surface area contributed by atoms with Crippen LogP contribution in [0.1, 0.15) is 38.0 Å². The van der Waals surface area contributed by atoms with Crippen LogP contribution in [0.15, 0.2) is 6.07 Å². The highest BCUT2D eigenvalue weighted by molar-refractivity contribution is 7.18. The Labute approximate surface area is 117 Å². The molecule has 2 aromatic heterocycles. The molecule has 0 amide bonds. The summed E-state index contributed by atoms with van der Waals surface area (Å²) in [5.41, 5.74) is 5.81. The molecule has 0 aliphatic heterocycles. The van der Waals surface area contributed by atoms with E-state index in [0.717, 1.165) is 28.4 Å². The number of nitrogens with zero attached hydrogens (tertiary/aromatic N) is 2. The summed E-state index contributed by atoms with van der Waals surface area (Å²) in [6.07, 6.45) is 5.01. The zero-order chi connectivity index (χ0) is 13.4. The van der Waals surface area contributed by atoms with E-state index in [4.69, 9.17) is 5.73 Å². The minimum Gasteiger partial charge on any atom is -0.368 e. The molecule has 1 fully saturated rings. The number of fused-ring (bicyclic) bond motifs is 1. The summed E-state index contributed by atoms with van der Waals surface area (Å²) < 4.78 is 0. The fourth-order valence-electron chi connectivity index (χ4n) is 2.42. The molecule has 1 atom stereocenters. The second-order valence-electron chi connectivity index (χ2n) is 5.44. The van der Waals surface area contributed by atoms with Gasteiger partial charge in [-0.15, -0.1) is 11.3 Å². The fraction of sp³-hybridized carbons (Fsp3) is 0.571. The van der Waals surface area contributed by atoms with E-state index in [0.29, 0.717) is 12.0 Å². The van der Waals surface area contributed by atoms with Gasteiger partial charge in [0, 0.05) is 10.9 Å². The van der Waals surface area contributed by atoms with Crippen molar-refractivity contribution < 1.29 is 0 Å². The van der Waals surface area contributed by atoms with Gasteiger partial charge < -0.3 is 11.1 Å². The van der Waals surface area contributed by atoms with Gasteiger partial charge in [-0.05, 0) is 31.7 Å². The molecular formula is C14H20N4S. The highest BCUT2D eigenvalue weighted by atomic mass is 32.1. The largest absolute Gasteiger partial charge is 0.368 e. The first-order valence-electron chi connectivity index (χ1n) is 6.98. The number of nitrogens with one attached hydrogen (secondary N) is 1. The Balaban J connectivity index is 1.89. The molecule has 4 nitrogen and oxygen atoms in total. The number of nitrogen functional groups attached to an aromatic ring is 1. The van der Waals surface area contributed by atoms with Gasteiger partial charge in [0.05, 0.1) is 5.39 Å². The lowest BCUT2D eigenvalue weighted by molar-refractivity contribution is 0.641. The Morgan fingerprint density at radius 3 is 2.95 bits per heavy atom. The van der Waals surface area contributed by atoms with E-state index in [9.17, 15) is 0 Å². The molecule has 0 bridgehead atoms. The van der Waals surface area contributed by atoms with E-state index < -0.39 is 0 Å². The number of hydrogen-bond acceptors (Lipinski definition) is 5. The number of aromatic nitrogens is 2. The van der Waals surface area contributed by atoms with Gasteiger partial charge in [-0.1, -0.05) is 19.8 Å². The number of nitrogens with two attached hydrogens (primary N) is 1. The van der Waals surface area contributed by atoms with Crippen LogP contribution in [0.5, 0.6) is 0 Å². The van der Waals surface area contributed by atoms with Crippen LogP contribution in [-0.2, 0) is 6.42 Å². The maximum absolute atomic E-state index is 5.81. The summed E-state index contributed by atoms with van der Waals surface area (Å²) in [6, 6.07) is 2.63. The Hall–Kier alpha value is -1.36. The van der Waals surface area contributed by atoms with Crippen molar-refractivity contribution in [1.82, 2.24) is 9.97 Å². The molecule has 5 heteroatoms. The molecular weight excluding hydrogens is 256 g/mol. The van der Waals surface area contributed by atoms with Crippen molar-refractivity contribution in [1.29, 1.82) is 0 Å². The third-order valence-electron chi connectivity index (χ3n) is 3.58. The Morgan fingerprint density at radius 1 is 1.47 bits per heavy atom. The molecule has 1 aliphatic carbocycles. The van der Waals surface area contributed by atoms with Crippen molar-refractivity contribution in [2.24, 2.45) is 5.92 Å². The molecule has 3 N–H and O–H groups in total. The topological polar surface area (TPSA) is 63.8 Å². The van der Waals surface area contributed by atoms with Gasteiger partial charge >= 0.3 is 0 Å². The van der Waals surface area contributed by atoms with Crippen molar-refractivity contribution in [2.45, 2.75) is 45.6 Å². The van der Waals surface area contributed by atoms with E-state index in [1.165, 1.54) is 24.1 Å². The van der Waals surface area contributed by atoms with E-state index in [1.54, 1.807) is 11.3 Å². The normalized spacial score (nSPS) is 16.7. The van der Waals surface area contributed by atoms with Crippen molar-refractivity contribution in [2.75, 3.05) is 11.1 Å². The average Bonchev–Trinajstić information content (AvgIpc) is 3.05. The van der Waals surface area contributed by atoms with Gasteiger partial charge in [-0.3, -0.25) is 0 Å². The molecule has 2 heterocycles. The second-order valence-corrected chi connectivity index (χ2v) is 6.56.